The van der Waals surface area contributed by atoms with Gasteiger partial charge in [-0.05, 0) is 53.9 Å². The van der Waals surface area contributed by atoms with Crippen molar-refractivity contribution in [3.05, 3.63) is 96.0 Å². The Balaban J connectivity index is 1.79. The van der Waals surface area contributed by atoms with Gasteiger partial charge in [-0.3, -0.25) is 4.40 Å². The SMILES string of the molecule is Clc1ccc(-c2nc(Sc3ccccc3)c3ccc4ccccc4n23)cc1. The molecule has 0 atom stereocenters. The first-order valence-corrected chi connectivity index (χ1v) is 9.88. The summed E-state index contributed by atoms with van der Waals surface area (Å²) in [7, 11) is 0. The van der Waals surface area contributed by atoms with E-state index in [1.165, 1.54) is 10.3 Å². The largest absolute Gasteiger partial charge is 0.291 e. The fraction of sp³-hybridized carbons (Fsp3) is 0. The van der Waals surface area contributed by atoms with Gasteiger partial charge in [0.15, 0.2) is 0 Å². The molecule has 0 N–H and O–H groups in total. The Morgan fingerprint density at radius 3 is 2.26 bits per heavy atom. The molecule has 0 bridgehead atoms. The second-order valence-corrected chi connectivity index (χ2v) is 7.77. The lowest BCUT2D eigenvalue weighted by atomic mass is 10.2. The summed E-state index contributed by atoms with van der Waals surface area (Å²) in [6.07, 6.45) is 0. The van der Waals surface area contributed by atoms with Gasteiger partial charge >= 0.3 is 0 Å². The average molecular weight is 387 g/mol. The van der Waals surface area contributed by atoms with Crippen molar-refractivity contribution in [3.63, 3.8) is 0 Å². The van der Waals surface area contributed by atoms with Gasteiger partial charge in [-0.15, -0.1) is 0 Å². The van der Waals surface area contributed by atoms with E-state index in [0.29, 0.717) is 0 Å². The molecule has 2 nitrogen and oxygen atoms in total. The Bertz CT molecular complexity index is 1240. The fourth-order valence-corrected chi connectivity index (χ4v) is 4.31. The standard InChI is InChI=1S/C23H15ClN2S/c24-18-13-10-17(11-14-18)22-25-23(27-19-7-2-1-3-8-19)21-15-12-16-6-4-5-9-20(16)26(21)22/h1-15H. The van der Waals surface area contributed by atoms with E-state index in [0.717, 1.165) is 32.5 Å². The zero-order chi connectivity index (χ0) is 18.2. The number of hydrogen-bond donors (Lipinski definition) is 0. The van der Waals surface area contributed by atoms with Crippen LogP contribution in [0.3, 0.4) is 0 Å². The van der Waals surface area contributed by atoms with Crippen molar-refractivity contribution in [2.24, 2.45) is 0 Å². The monoisotopic (exact) mass is 386 g/mol. The van der Waals surface area contributed by atoms with Gasteiger partial charge < -0.3 is 0 Å². The Morgan fingerprint density at radius 2 is 1.44 bits per heavy atom. The minimum Gasteiger partial charge on any atom is -0.291 e. The Kier molecular flexibility index (Phi) is 4.12. The molecule has 0 aliphatic rings. The van der Waals surface area contributed by atoms with Crippen LogP contribution in [0.25, 0.3) is 27.8 Å². The summed E-state index contributed by atoms with van der Waals surface area (Å²) in [5.41, 5.74) is 3.30. The summed E-state index contributed by atoms with van der Waals surface area (Å²) in [5.74, 6) is 0.928. The highest BCUT2D eigenvalue weighted by Gasteiger charge is 2.16. The molecule has 0 aliphatic heterocycles. The van der Waals surface area contributed by atoms with Crippen LogP contribution in [0.15, 0.2) is 101 Å². The van der Waals surface area contributed by atoms with Crippen LogP contribution in [0, 0.1) is 0 Å². The molecule has 2 aromatic heterocycles. The van der Waals surface area contributed by atoms with E-state index in [1.807, 2.05) is 30.3 Å². The molecule has 5 aromatic rings. The van der Waals surface area contributed by atoms with Gasteiger partial charge in [0, 0.05) is 15.5 Å². The third-order valence-electron chi connectivity index (χ3n) is 4.54. The van der Waals surface area contributed by atoms with Crippen LogP contribution in [0.4, 0.5) is 0 Å². The van der Waals surface area contributed by atoms with Crippen LogP contribution < -0.4 is 0 Å². The quantitative estimate of drug-likeness (QED) is 0.333. The molecule has 0 saturated carbocycles. The topological polar surface area (TPSA) is 17.3 Å². The van der Waals surface area contributed by atoms with Crippen LogP contribution in [0.2, 0.25) is 5.02 Å². The number of para-hydroxylation sites is 1. The summed E-state index contributed by atoms with van der Waals surface area (Å²) in [4.78, 5) is 6.19. The van der Waals surface area contributed by atoms with Gasteiger partial charge in [0.25, 0.3) is 0 Å². The van der Waals surface area contributed by atoms with Crippen molar-refractivity contribution in [1.29, 1.82) is 0 Å². The van der Waals surface area contributed by atoms with E-state index in [9.17, 15) is 0 Å². The number of nitrogens with zero attached hydrogens (tertiary/aromatic N) is 2. The van der Waals surface area contributed by atoms with Crippen molar-refractivity contribution in [3.8, 4) is 11.4 Å². The third kappa shape index (κ3) is 2.99. The first-order valence-electron chi connectivity index (χ1n) is 8.69. The lowest BCUT2D eigenvalue weighted by Crippen LogP contribution is -1.91. The van der Waals surface area contributed by atoms with Gasteiger partial charge in [-0.1, -0.05) is 65.8 Å². The number of halogens is 1. The number of fused-ring (bicyclic) bond motifs is 3. The van der Waals surface area contributed by atoms with Crippen LogP contribution in [-0.4, -0.2) is 9.38 Å². The maximum Gasteiger partial charge on any atom is 0.146 e. The minimum atomic E-state index is 0.725. The zero-order valence-electron chi connectivity index (χ0n) is 14.3. The van der Waals surface area contributed by atoms with E-state index in [4.69, 9.17) is 16.6 Å². The molecule has 3 aromatic carbocycles. The van der Waals surface area contributed by atoms with E-state index < -0.39 is 0 Å². The Hall–Kier alpha value is -2.75. The highest BCUT2D eigenvalue weighted by Crippen LogP contribution is 2.35. The van der Waals surface area contributed by atoms with E-state index in [1.54, 1.807) is 11.8 Å². The molecular weight excluding hydrogens is 372 g/mol. The van der Waals surface area contributed by atoms with E-state index in [-0.39, 0.29) is 0 Å². The zero-order valence-corrected chi connectivity index (χ0v) is 15.9. The summed E-state index contributed by atoms with van der Waals surface area (Å²) >= 11 is 7.78. The van der Waals surface area contributed by atoms with Crippen LogP contribution in [0.5, 0.6) is 0 Å². The first-order chi connectivity index (χ1) is 13.3. The smallest absolute Gasteiger partial charge is 0.146 e. The predicted molar refractivity (Wildman–Crippen MR) is 114 cm³/mol. The summed E-state index contributed by atoms with van der Waals surface area (Å²) in [5, 5.41) is 2.91. The van der Waals surface area contributed by atoms with Gasteiger partial charge in [-0.2, -0.15) is 0 Å². The molecule has 5 rings (SSSR count). The van der Waals surface area contributed by atoms with Gasteiger partial charge in [-0.25, -0.2) is 4.98 Å². The molecular formula is C23H15ClN2S. The lowest BCUT2D eigenvalue weighted by molar-refractivity contribution is 1.18. The van der Waals surface area contributed by atoms with Crippen LogP contribution >= 0.6 is 23.4 Å². The van der Waals surface area contributed by atoms with Crippen molar-refractivity contribution < 1.29 is 0 Å². The number of aromatic nitrogens is 2. The molecule has 130 valence electrons. The maximum atomic E-state index is 6.09. The fourth-order valence-electron chi connectivity index (χ4n) is 3.27. The van der Waals surface area contributed by atoms with Crippen molar-refractivity contribution in [1.82, 2.24) is 9.38 Å². The summed E-state index contributed by atoms with van der Waals surface area (Å²) in [6.45, 7) is 0. The van der Waals surface area contributed by atoms with Crippen molar-refractivity contribution in [2.75, 3.05) is 0 Å². The Morgan fingerprint density at radius 1 is 0.704 bits per heavy atom. The highest BCUT2D eigenvalue weighted by molar-refractivity contribution is 7.99. The molecule has 27 heavy (non-hydrogen) atoms. The number of imidazole rings is 1. The summed E-state index contributed by atoms with van der Waals surface area (Å²) in [6, 6.07) is 30.9. The molecule has 0 saturated heterocycles. The highest BCUT2D eigenvalue weighted by atomic mass is 35.5. The van der Waals surface area contributed by atoms with E-state index in [2.05, 4.69) is 65.1 Å². The second-order valence-electron chi connectivity index (χ2n) is 6.28. The molecule has 0 spiro atoms. The maximum absolute atomic E-state index is 6.09. The number of benzene rings is 3. The van der Waals surface area contributed by atoms with Gasteiger partial charge in [0.1, 0.15) is 10.9 Å². The van der Waals surface area contributed by atoms with Crippen molar-refractivity contribution >= 4 is 39.8 Å². The molecule has 0 radical (unpaired) electrons. The van der Waals surface area contributed by atoms with Crippen LogP contribution in [-0.2, 0) is 0 Å². The Labute approximate surface area is 166 Å². The minimum absolute atomic E-state index is 0.725. The molecule has 0 unspecified atom stereocenters. The van der Waals surface area contributed by atoms with Gasteiger partial charge in [0.2, 0.25) is 0 Å². The average Bonchev–Trinajstić information content (AvgIpc) is 3.08. The first kappa shape index (κ1) is 16.4. The number of pyridine rings is 1. The van der Waals surface area contributed by atoms with Gasteiger partial charge in [0.05, 0.1) is 11.0 Å². The van der Waals surface area contributed by atoms with Crippen LogP contribution in [0.1, 0.15) is 0 Å². The predicted octanol–water partition coefficient (Wildman–Crippen LogP) is 6.96. The number of hydrogen-bond acceptors (Lipinski definition) is 2. The summed E-state index contributed by atoms with van der Waals surface area (Å²) < 4.78 is 2.24. The molecule has 2 heterocycles. The van der Waals surface area contributed by atoms with Crippen molar-refractivity contribution in [2.45, 2.75) is 9.92 Å². The molecule has 0 amide bonds. The molecule has 0 fully saturated rings. The number of rotatable bonds is 3. The lowest BCUT2D eigenvalue weighted by Gasteiger charge is -2.06. The molecule has 0 aliphatic carbocycles. The van der Waals surface area contributed by atoms with E-state index >= 15 is 0 Å². The normalized spacial score (nSPS) is 11.3. The third-order valence-corrected chi connectivity index (χ3v) is 5.79. The second kappa shape index (κ2) is 6.76. The molecule has 4 heteroatoms.